The van der Waals surface area contributed by atoms with E-state index in [9.17, 15) is 14.3 Å². The molecule has 0 aromatic heterocycles. The number of benzene rings is 1. The second kappa shape index (κ2) is 4.96. The molecule has 0 radical (unpaired) electrons. The molecule has 1 saturated carbocycles. The van der Waals surface area contributed by atoms with E-state index in [0.29, 0.717) is 25.2 Å². The largest absolute Gasteiger partial charge is 0.486 e. The van der Waals surface area contributed by atoms with Crippen molar-refractivity contribution in [1.29, 1.82) is 0 Å². The molecule has 0 spiro atoms. The van der Waals surface area contributed by atoms with Gasteiger partial charge in [0.05, 0.1) is 5.41 Å². The Balaban J connectivity index is 2.10. The Bertz CT molecular complexity index is 535. The smallest absolute Gasteiger partial charge is 0.314 e. The van der Waals surface area contributed by atoms with Crippen molar-refractivity contribution in [2.45, 2.75) is 37.5 Å². The summed E-state index contributed by atoms with van der Waals surface area (Å²) in [6, 6.07) is 3.16. The van der Waals surface area contributed by atoms with E-state index in [4.69, 9.17) is 9.47 Å². The number of hydrogen-bond acceptors (Lipinski definition) is 3. The summed E-state index contributed by atoms with van der Waals surface area (Å²) in [5.41, 5.74) is -0.896. The Morgan fingerprint density at radius 2 is 1.85 bits per heavy atom. The summed E-state index contributed by atoms with van der Waals surface area (Å²) in [5.74, 6) is -1.12. The average Bonchev–Trinajstić information content (AvgIpc) is 2.48. The van der Waals surface area contributed by atoms with Crippen LogP contribution < -0.4 is 9.47 Å². The quantitative estimate of drug-likeness (QED) is 0.905. The van der Waals surface area contributed by atoms with Crippen LogP contribution in [0.2, 0.25) is 0 Å². The Hall–Kier alpha value is -1.78. The highest BCUT2D eigenvalue weighted by molar-refractivity contribution is 5.82. The summed E-state index contributed by atoms with van der Waals surface area (Å²) in [7, 11) is 0. The molecule has 0 unspecified atom stereocenters. The molecule has 1 heterocycles. The van der Waals surface area contributed by atoms with Crippen LogP contribution in [-0.4, -0.2) is 24.3 Å². The van der Waals surface area contributed by atoms with Crippen LogP contribution in [0.25, 0.3) is 0 Å². The molecule has 1 aromatic carbocycles. The zero-order valence-electron chi connectivity index (χ0n) is 11.2. The highest BCUT2D eigenvalue weighted by Gasteiger charge is 2.44. The lowest BCUT2D eigenvalue weighted by Crippen LogP contribution is -2.39. The molecular formula is C15H17FO4. The number of fused-ring (bicyclic) bond motifs is 1. The van der Waals surface area contributed by atoms with Gasteiger partial charge in [0, 0.05) is 5.56 Å². The normalized spacial score (nSPS) is 20.4. The van der Waals surface area contributed by atoms with Gasteiger partial charge in [0.15, 0.2) is 17.3 Å². The van der Waals surface area contributed by atoms with Gasteiger partial charge in [0.2, 0.25) is 0 Å². The third-order valence-electron chi connectivity index (χ3n) is 4.28. The van der Waals surface area contributed by atoms with Crippen molar-refractivity contribution in [3.63, 3.8) is 0 Å². The fraction of sp³-hybridized carbons (Fsp3) is 0.533. The molecule has 0 amide bonds. The molecule has 1 fully saturated rings. The molecule has 1 aromatic rings. The molecule has 0 bridgehead atoms. The molecular weight excluding hydrogens is 263 g/mol. The number of hydrogen-bond donors (Lipinski definition) is 1. The predicted molar refractivity (Wildman–Crippen MR) is 69.8 cm³/mol. The molecule has 0 atom stereocenters. The molecule has 1 N–H and O–H groups in total. The maximum Gasteiger partial charge on any atom is 0.314 e. The number of ether oxygens (including phenoxy) is 2. The van der Waals surface area contributed by atoms with E-state index in [2.05, 4.69) is 0 Å². The van der Waals surface area contributed by atoms with Gasteiger partial charge in [-0.05, 0) is 18.9 Å². The van der Waals surface area contributed by atoms with E-state index in [1.165, 1.54) is 0 Å². The number of rotatable bonds is 2. The van der Waals surface area contributed by atoms with Crippen LogP contribution in [0.5, 0.6) is 11.5 Å². The first kappa shape index (κ1) is 13.2. The predicted octanol–water partition coefficient (Wildman–Crippen LogP) is 2.88. The Morgan fingerprint density at radius 1 is 1.15 bits per heavy atom. The Kier molecular flexibility index (Phi) is 3.28. The minimum atomic E-state index is -1.13. The van der Waals surface area contributed by atoms with Crippen molar-refractivity contribution >= 4 is 5.97 Å². The molecule has 3 rings (SSSR count). The van der Waals surface area contributed by atoms with Crippen LogP contribution in [0, 0.1) is 5.82 Å². The van der Waals surface area contributed by atoms with Gasteiger partial charge < -0.3 is 14.6 Å². The Labute approximate surface area is 116 Å². The molecule has 4 nitrogen and oxygen atoms in total. The fourth-order valence-corrected chi connectivity index (χ4v) is 3.21. The van der Waals surface area contributed by atoms with Crippen LogP contribution in [0.1, 0.15) is 37.7 Å². The summed E-state index contributed by atoms with van der Waals surface area (Å²) in [5, 5.41) is 9.63. The van der Waals surface area contributed by atoms with Crippen LogP contribution >= 0.6 is 0 Å². The van der Waals surface area contributed by atoms with Gasteiger partial charge in [-0.25, -0.2) is 4.39 Å². The van der Waals surface area contributed by atoms with E-state index in [1.807, 2.05) is 0 Å². The van der Waals surface area contributed by atoms with Crippen molar-refractivity contribution < 1.29 is 23.8 Å². The van der Waals surface area contributed by atoms with Crippen molar-refractivity contribution in [3.05, 3.63) is 23.5 Å². The molecule has 20 heavy (non-hydrogen) atoms. The van der Waals surface area contributed by atoms with E-state index in [-0.39, 0.29) is 17.9 Å². The standard InChI is InChI=1S/C15H17FO4/c16-12-10(4-5-11-13(12)20-9-8-19-11)15(14(17)18)6-2-1-3-7-15/h4-5H,1-3,6-9H2,(H,17,18). The van der Waals surface area contributed by atoms with Gasteiger partial charge in [-0.15, -0.1) is 0 Å². The van der Waals surface area contributed by atoms with Crippen molar-refractivity contribution in [3.8, 4) is 11.5 Å². The lowest BCUT2D eigenvalue weighted by molar-refractivity contribution is -0.145. The third kappa shape index (κ3) is 1.92. The monoisotopic (exact) mass is 280 g/mol. The Morgan fingerprint density at radius 3 is 2.55 bits per heavy atom. The average molecular weight is 280 g/mol. The number of carboxylic acid groups (broad SMARTS) is 1. The summed E-state index contributed by atoms with van der Waals surface area (Å²) >= 11 is 0. The van der Waals surface area contributed by atoms with Crippen molar-refractivity contribution in [1.82, 2.24) is 0 Å². The highest BCUT2D eigenvalue weighted by Crippen LogP contribution is 2.45. The summed E-state index contributed by atoms with van der Waals surface area (Å²) in [6.07, 6.45) is 3.55. The first-order valence-electron chi connectivity index (χ1n) is 6.97. The third-order valence-corrected chi connectivity index (χ3v) is 4.28. The van der Waals surface area contributed by atoms with E-state index in [1.54, 1.807) is 12.1 Å². The second-order valence-electron chi connectivity index (χ2n) is 5.40. The van der Waals surface area contributed by atoms with Gasteiger partial charge in [-0.2, -0.15) is 0 Å². The lowest BCUT2D eigenvalue weighted by atomic mass is 9.69. The maximum atomic E-state index is 14.7. The molecule has 5 heteroatoms. The minimum absolute atomic E-state index is 0.0555. The van der Waals surface area contributed by atoms with Crippen LogP contribution in [0.3, 0.4) is 0 Å². The topological polar surface area (TPSA) is 55.8 Å². The van der Waals surface area contributed by atoms with Crippen LogP contribution in [0.4, 0.5) is 4.39 Å². The second-order valence-corrected chi connectivity index (χ2v) is 5.40. The van der Waals surface area contributed by atoms with Crippen molar-refractivity contribution in [2.75, 3.05) is 13.2 Å². The van der Waals surface area contributed by atoms with Crippen molar-refractivity contribution in [2.24, 2.45) is 0 Å². The number of carbonyl (C=O) groups is 1. The van der Waals surface area contributed by atoms with Gasteiger partial charge in [0.1, 0.15) is 13.2 Å². The lowest BCUT2D eigenvalue weighted by Gasteiger charge is -2.34. The van der Waals surface area contributed by atoms with Gasteiger partial charge in [-0.1, -0.05) is 25.3 Å². The molecule has 0 saturated heterocycles. The number of carboxylic acids is 1. The molecule has 108 valence electrons. The highest BCUT2D eigenvalue weighted by atomic mass is 19.1. The molecule has 1 aliphatic heterocycles. The first-order chi connectivity index (χ1) is 9.65. The summed E-state index contributed by atoms with van der Waals surface area (Å²) < 4.78 is 25.3. The number of halogens is 1. The van der Waals surface area contributed by atoms with Crippen LogP contribution in [-0.2, 0) is 10.2 Å². The summed E-state index contributed by atoms with van der Waals surface area (Å²) in [6.45, 7) is 0.670. The maximum absolute atomic E-state index is 14.7. The van der Waals surface area contributed by atoms with Crippen LogP contribution in [0.15, 0.2) is 12.1 Å². The van der Waals surface area contributed by atoms with E-state index >= 15 is 0 Å². The first-order valence-corrected chi connectivity index (χ1v) is 6.97. The molecule has 2 aliphatic rings. The van der Waals surface area contributed by atoms with E-state index < -0.39 is 17.2 Å². The zero-order valence-corrected chi connectivity index (χ0v) is 11.2. The summed E-state index contributed by atoms with van der Waals surface area (Å²) in [4.78, 5) is 11.8. The molecule has 1 aliphatic carbocycles. The minimum Gasteiger partial charge on any atom is -0.486 e. The zero-order chi connectivity index (χ0) is 14.2. The van der Waals surface area contributed by atoms with E-state index in [0.717, 1.165) is 19.3 Å². The van der Waals surface area contributed by atoms with Gasteiger partial charge in [0.25, 0.3) is 0 Å². The van der Waals surface area contributed by atoms with Gasteiger partial charge >= 0.3 is 5.97 Å². The SMILES string of the molecule is O=C(O)C1(c2ccc3c(c2F)OCCO3)CCCCC1. The number of aliphatic carboxylic acids is 1. The fourth-order valence-electron chi connectivity index (χ4n) is 3.21. The van der Waals surface area contributed by atoms with Gasteiger partial charge in [-0.3, -0.25) is 4.79 Å².